The van der Waals surface area contributed by atoms with Gasteiger partial charge in [0.25, 0.3) is 0 Å². The van der Waals surface area contributed by atoms with Crippen molar-refractivity contribution < 1.29 is 22.3 Å². The van der Waals surface area contributed by atoms with E-state index in [0.29, 0.717) is 25.1 Å². The van der Waals surface area contributed by atoms with Crippen LogP contribution in [0.1, 0.15) is 18.4 Å². The first-order chi connectivity index (χ1) is 10.8. The number of amides is 1. The number of nitrogens with zero attached hydrogens (tertiary/aromatic N) is 1. The molecule has 1 aliphatic rings. The van der Waals surface area contributed by atoms with Crippen molar-refractivity contribution in [3.63, 3.8) is 0 Å². The molecular formula is C15H21FN2O4S. The van der Waals surface area contributed by atoms with Crippen molar-refractivity contribution in [1.29, 1.82) is 0 Å². The lowest BCUT2D eigenvalue weighted by Gasteiger charge is -2.32. The fourth-order valence-corrected chi connectivity index (χ4v) is 3.51. The largest absolute Gasteiger partial charge is 0.494 e. The highest BCUT2D eigenvalue weighted by molar-refractivity contribution is 7.88. The molecule has 1 fully saturated rings. The molecule has 0 unspecified atom stereocenters. The van der Waals surface area contributed by atoms with Crippen molar-refractivity contribution in [3.05, 3.63) is 29.6 Å². The lowest BCUT2D eigenvalue weighted by atomic mass is 10.0. The van der Waals surface area contributed by atoms with Crippen molar-refractivity contribution in [3.8, 4) is 5.75 Å². The fourth-order valence-electron chi connectivity index (χ4n) is 2.71. The SMILES string of the molecule is COc1ccc(CC(=O)N2CCC[C@@H](NS(C)(=O)=O)C2)cc1F. The van der Waals surface area contributed by atoms with Gasteiger partial charge >= 0.3 is 0 Å². The number of halogens is 1. The molecule has 0 bridgehead atoms. The molecule has 8 heteroatoms. The smallest absolute Gasteiger partial charge is 0.227 e. The molecule has 0 spiro atoms. The van der Waals surface area contributed by atoms with Crippen molar-refractivity contribution in [2.45, 2.75) is 25.3 Å². The number of carbonyl (C=O) groups excluding carboxylic acids is 1. The standard InChI is InChI=1S/C15H21FN2O4S/c1-22-14-6-5-11(8-13(14)16)9-15(19)18-7-3-4-12(10-18)17-23(2,20)21/h5-6,8,12,17H,3-4,7,9-10H2,1-2H3/t12-/m1/s1. The molecule has 23 heavy (non-hydrogen) atoms. The molecule has 6 nitrogen and oxygen atoms in total. The lowest BCUT2D eigenvalue weighted by molar-refractivity contribution is -0.131. The van der Waals surface area contributed by atoms with Crippen LogP contribution in [0.15, 0.2) is 18.2 Å². The van der Waals surface area contributed by atoms with E-state index in [9.17, 15) is 17.6 Å². The molecule has 1 heterocycles. The Balaban J connectivity index is 1.98. The highest BCUT2D eigenvalue weighted by Crippen LogP contribution is 2.19. The highest BCUT2D eigenvalue weighted by atomic mass is 32.2. The second-order valence-corrected chi connectivity index (χ2v) is 7.49. The van der Waals surface area contributed by atoms with Gasteiger partial charge in [0.2, 0.25) is 15.9 Å². The predicted molar refractivity (Wildman–Crippen MR) is 84.2 cm³/mol. The van der Waals surface area contributed by atoms with Crippen LogP contribution in [-0.2, 0) is 21.2 Å². The monoisotopic (exact) mass is 344 g/mol. The average Bonchev–Trinajstić information content (AvgIpc) is 2.46. The Labute approximate surface area is 135 Å². The summed E-state index contributed by atoms with van der Waals surface area (Å²) in [5.74, 6) is -0.515. The topological polar surface area (TPSA) is 75.7 Å². The van der Waals surface area contributed by atoms with Gasteiger partial charge in [0.1, 0.15) is 0 Å². The molecule has 0 radical (unpaired) electrons. The Hall–Kier alpha value is -1.67. The van der Waals surface area contributed by atoms with Crippen LogP contribution in [0.3, 0.4) is 0 Å². The third-order valence-corrected chi connectivity index (χ3v) is 4.49. The van der Waals surface area contributed by atoms with Crippen LogP contribution in [0.2, 0.25) is 0 Å². The Morgan fingerprint density at radius 3 is 2.83 bits per heavy atom. The normalized spacial score (nSPS) is 18.7. The van der Waals surface area contributed by atoms with Crippen LogP contribution in [0.5, 0.6) is 5.75 Å². The lowest BCUT2D eigenvalue weighted by Crippen LogP contribution is -2.49. The van der Waals surface area contributed by atoms with E-state index in [1.54, 1.807) is 11.0 Å². The number of ether oxygens (including phenoxy) is 1. The predicted octanol–water partition coefficient (Wildman–Crippen LogP) is 0.917. The van der Waals surface area contributed by atoms with Crippen molar-refractivity contribution in [2.24, 2.45) is 0 Å². The molecule has 1 atom stereocenters. The molecule has 0 saturated carbocycles. The number of piperidine rings is 1. The highest BCUT2D eigenvalue weighted by Gasteiger charge is 2.25. The summed E-state index contributed by atoms with van der Waals surface area (Å²) in [5.41, 5.74) is 0.562. The number of sulfonamides is 1. The molecule has 1 aromatic carbocycles. The van der Waals surface area contributed by atoms with E-state index < -0.39 is 15.8 Å². The Morgan fingerprint density at radius 1 is 1.48 bits per heavy atom. The maximum Gasteiger partial charge on any atom is 0.227 e. The van der Waals surface area contributed by atoms with Crippen LogP contribution in [0, 0.1) is 5.82 Å². The minimum atomic E-state index is -3.30. The van der Waals surface area contributed by atoms with E-state index in [-0.39, 0.29) is 24.1 Å². The summed E-state index contributed by atoms with van der Waals surface area (Å²) in [5, 5.41) is 0. The Bertz CT molecular complexity index is 678. The Morgan fingerprint density at radius 2 is 2.22 bits per heavy atom. The van der Waals surface area contributed by atoms with Gasteiger partial charge in [-0.3, -0.25) is 4.79 Å². The molecular weight excluding hydrogens is 323 g/mol. The van der Waals surface area contributed by atoms with Crippen LogP contribution >= 0.6 is 0 Å². The molecule has 1 saturated heterocycles. The van der Waals surface area contributed by atoms with Gasteiger partial charge in [-0.1, -0.05) is 6.07 Å². The van der Waals surface area contributed by atoms with Crippen molar-refractivity contribution in [1.82, 2.24) is 9.62 Å². The third kappa shape index (κ3) is 5.18. The maximum atomic E-state index is 13.7. The maximum absolute atomic E-state index is 13.7. The first kappa shape index (κ1) is 17.7. The number of rotatable bonds is 5. The summed E-state index contributed by atoms with van der Waals surface area (Å²) in [6.07, 6.45) is 2.62. The van der Waals surface area contributed by atoms with Crippen LogP contribution < -0.4 is 9.46 Å². The zero-order chi connectivity index (χ0) is 17.0. The van der Waals surface area contributed by atoms with E-state index in [1.165, 1.54) is 19.2 Å². The first-order valence-corrected chi connectivity index (χ1v) is 9.25. The van der Waals surface area contributed by atoms with E-state index in [2.05, 4.69) is 4.72 Å². The van der Waals surface area contributed by atoms with Gasteiger partial charge in [0, 0.05) is 19.1 Å². The van der Waals surface area contributed by atoms with E-state index in [4.69, 9.17) is 4.74 Å². The molecule has 1 aliphatic heterocycles. The number of nitrogens with one attached hydrogen (secondary N) is 1. The summed E-state index contributed by atoms with van der Waals surface area (Å²) in [6, 6.07) is 4.15. The summed E-state index contributed by atoms with van der Waals surface area (Å²) in [7, 11) is -1.92. The van der Waals surface area contributed by atoms with Gasteiger partial charge < -0.3 is 9.64 Å². The van der Waals surface area contributed by atoms with Gasteiger partial charge in [-0.15, -0.1) is 0 Å². The van der Waals surface area contributed by atoms with Gasteiger partial charge in [-0.25, -0.2) is 17.5 Å². The fraction of sp³-hybridized carbons (Fsp3) is 0.533. The van der Waals surface area contributed by atoms with Crippen molar-refractivity contribution >= 4 is 15.9 Å². The number of carbonyl (C=O) groups is 1. The van der Waals surface area contributed by atoms with Crippen LogP contribution in [0.25, 0.3) is 0 Å². The van der Waals surface area contributed by atoms with Gasteiger partial charge in [-0.05, 0) is 30.5 Å². The molecule has 128 valence electrons. The number of hydrogen-bond acceptors (Lipinski definition) is 4. The first-order valence-electron chi connectivity index (χ1n) is 7.36. The zero-order valence-corrected chi connectivity index (χ0v) is 14.0. The molecule has 1 amide bonds. The van der Waals surface area contributed by atoms with E-state index >= 15 is 0 Å². The van der Waals surface area contributed by atoms with Crippen LogP contribution in [0.4, 0.5) is 4.39 Å². The molecule has 2 rings (SSSR count). The average molecular weight is 344 g/mol. The molecule has 1 N–H and O–H groups in total. The van der Waals surface area contributed by atoms with Gasteiger partial charge in [0.05, 0.1) is 19.8 Å². The molecule has 0 aromatic heterocycles. The summed E-state index contributed by atoms with van der Waals surface area (Å²) >= 11 is 0. The minimum absolute atomic E-state index is 0.0759. The number of methoxy groups -OCH3 is 1. The molecule has 0 aliphatic carbocycles. The minimum Gasteiger partial charge on any atom is -0.494 e. The zero-order valence-electron chi connectivity index (χ0n) is 13.2. The second kappa shape index (κ2) is 7.27. The van der Waals surface area contributed by atoms with E-state index in [0.717, 1.165) is 12.7 Å². The number of hydrogen-bond donors (Lipinski definition) is 1. The number of benzene rings is 1. The quantitative estimate of drug-likeness (QED) is 0.862. The summed E-state index contributed by atoms with van der Waals surface area (Å²) < 4.78 is 43.6. The summed E-state index contributed by atoms with van der Waals surface area (Å²) in [4.78, 5) is 14.0. The van der Waals surface area contributed by atoms with Gasteiger partial charge in [0.15, 0.2) is 11.6 Å². The summed E-state index contributed by atoms with van der Waals surface area (Å²) in [6.45, 7) is 0.921. The third-order valence-electron chi connectivity index (χ3n) is 3.73. The van der Waals surface area contributed by atoms with Gasteiger partial charge in [-0.2, -0.15) is 0 Å². The Kier molecular flexibility index (Phi) is 5.59. The van der Waals surface area contributed by atoms with Crippen LogP contribution in [-0.4, -0.2) is 51.7 Å². The van der Waals surface area contributed by atoms with Crippen molar-refractivity contribution in [2.75, 3.05) is 26.5 Å². The molecule has 1 aromatic rings. The number of likely N-dealkylation sites (tertiary alicyclic amines) is 1. The second-order valence-electron chi connectivity index (χ2n) is 5.71. The van der Waals surface area contributed by atoms with E-state index in [1.807, 2.05) is 0 Å².